The maximum Gasteiger partial charge on any atom is 0.433 e. The number of anilines is 1. The highest BCUT2D eigenvalue weighted by molar-refractivity contribution is 5.58. The van der Waals surface area contributed by atoms with Gasteiger partial charge in [-0.2, -0.15) is 13.2 Å². The van der Waals surface area contributed by atoms with Gasteiger partial charge in [0.2, 0.25) is 0 Å². The van der Waals surface area contributed by atoms with E-state index in [9.17, 15) is 13.2 Å². The topological polar surface area (TPSA) is 67.9 Å². The number of nitrogen functional groups attached to an aromatic ring is 1. The number of hydrogen-bond acceptors (Lipinski definition) is 5. The molecule has 8 heteroatoms. The van der Waals surface area contributed by atoms with Crippen LogP contribution < -0.4 is 5.73 Å². The lowest BCUT2D eigenvalue weighted by molar-refractivity contribution is -0.141. The summed E-state index contributed by atoms with van der Waals surface area (Å²) >= 11 is 0. The van der Waals surface area contributed by atoms with E-state index < -0.39 is 11.9 Å². The second kappa shape index (κ2) is 7.20. The maximum atomic E-state index is 12.6. The molecule has 28 heavy (non-hydrogen) atoms. The molecule has 0 amide bonds. The Morgan fingerprint density at radius 2 is 1.79 bits per heavy atom. The van der Waals surface area contributed by atoms with Gasteiger partial charge in [-0.3, -0.25) is 9.88 Å². The molecule has 3 heterocycles. The van der Waals surface area contributed by atoms with Crippen LogP contribution in [0.25, 0.3) is 11.4 Å². The number of fused-ring (bicyclic) bond motifs is 1. The molecular weight excluding hydrogens is 367 g/mol. The number of benzene rings is 1. The molecule has 5 nitrogen and oxygen atoms in total. The van der Waals surface area contributed by atoms with Crippen molar-refractivity contribution in [3.05, 3.63) is 71.3 Å². The Morgan fingerprint density at radius 1 is 1.00 bits per heavy atom. The van der Waals surface area contributed by atoms with Crippen LogP contribution in [0.5, 0.6) is 0 Å². The van der Waals surface area contributed by atoms with Gasteiger partial charge >= 0.3 is 6.18 Å². The first kappa shape index (κ1) is 18.4. The molecule has 0 unspecified atom stereocenters. The molecule has 0 spiro atoms. The summed E-state index contributed by atoms with van der Waals surface area (Å²) in [6.45, 7) is 1.95. The minimum absolute atomic E-state index is 0.532. The molecule has 0 radical (unpaired) electrons. The van der Waals surface area contributed by atoms with Gasteiger partial charge < -0.3 is 5.73 Å². The molecule has 4 rings (SSSR count). The minimum atomic E-state index is -4.41. The zero-order valence-electron chi connectivity index (χ0n) is 14.9. The third kappa shape index (κ3) is 3.96. The van der Waals surface area contributed by atoms with Crippen molar-refractivity contribution in [2.45, 2.75) is 25.7 Å². The lowest BCUT2D eigenvalue weighted by atomic mass is 10.1. The molecule has 0 fully saturated rings. The molecule has 0 atom stereocenters. The minimum Gasteiger partial charge on any atom is -0.399 e. The van der Waals surface area contributed by atoms with E-state index in [0.717, 1.165) is 41.4 Å². The highest BCUT2D eigenvalue weighted by Gasteiger charge is 2.32. The van der Waals surface area contributed by atoms with Crippen LogP contribution >= 0.6 is 0 Å². The van der Waals surface area contributed by atoms with Gasteiger partial charge in [-0.05, 0) is 35.9 Å². The van der Waals surface area contributed by atoms with Crippen LogP contribution in [0, 0.1) is 0 Å². The van der Waals surface area contributed by atoms with Crippen LogP contribution in [0.1, 0.15) is 22.5 Å². The molecule has 0 saturated heterocycles. The van der Waals surface area contributed by atoms with Crippen molar-refractivity contribution in [2.75, 3.05) is 12.3 Å². The first-order valence-corrected chi connectivity index (χ1v) is 8.84. The number of rotatable bonds is 3. The van der Waals surface area contributed by atoms with Gasteiger partial charge in [-0.1, -0.05) is 6.07 Å². The van der Waals surface area contributed by atoms with Gasteiger partial charge in [0.05, 0.1) is 5.69 Å². The fourth-order valence-corrected chi connectivity index (χ4v) is 3.22. The van der Waals surface area contributed by atoms with Gasteiger partial charge in [0.25, 0.3) is 0 Å². The average Bonchev–Trinajstić information content (AvgIpc) is 2.68. The third-order valence-corrected chi connectivity index (χ3v) is 4.70. The summed E-state index contributed by atoms with van der Waals surface area (Å²) in [5, 5.41) is 0. The zero-order valence-corrected chi connectivity index (χ0v) is 14.9. The maximum absolute atomic E-state index is 12.6. The van der Waals surface area contributed by atoms with E-state index in [-0.39, 0.29) is 0 Å². The first-order valence-electron chi connectivity index (χ1n) is 8.84. The van der Waals surface area contributed by atoms with Crippen LogP contribution in [0.2, 0.25) is 0 Å². The van der Waals surface area contributed by atoms with E-state index in [1.165, 1.54) is 12.3 Å². The largest absolute Gasteiger partial charge is 0.433 e. The quantitative estimate of drug-likeness (QED) is 0.697. The van der Waals surface area contributed by atoms with Crippen molar-refractivity contribution in [3.63, 3.8) is 0 Å². The van der Waals surface area contributed by atoms with Gasteiger partial charge in [0.15, 0.2) is 5.82 Å². The van der Waals surface area contributed by atoms with E-state index in [2.05, 4.69) is 19.9 Å². The van der Waals surface area contributed by atoms with Crippen LogP contribution in [0.4, 0.5) is 18.9 Å². The Balaban J connectivity index is 1.45. The fourth-order valence-electron chi connectivity index (χ4n) is 3.22. The molecule has 0 bridgehead atoms. The molecule has 1 aromatic carbocycles. The van der Waals surface area contributed by atoms with Crippen LogP contribution in [0.3, 0.4) is 0 Å². The summed E-state index contributed by atoms with van der Waals surface area (Å²) in [4.78, 5) is 14.8. The highest BCUT2D eigenvalue weighted by Crippen LogP contribution is 2.28. The molecule has 2 N–H and O–H groups in total. The predicted molar refractivity (Wildman–Crippen MR) is 98.9 cm³/mol. The van der Waals surface area contributed by atoms with Crippen molar-refractivity contribution < 1.29 is 13.2 Å². The molecule has 1 aliphatic rings. The number of hydrogen-bond donors (Lipinski definition) is 1. The summed E-state index contributed by atoms with van der Waals surface area (Å²) in [5.74, 6) is 0.666. The number of pyridine rings is 1. The molecule has 0 saturated carbocycles. The second-order valence-electron chi connectivity index (χ2n) is 6.80. The zero-order chi connectivity index (χ0) is 19.7. The molecular formula is C20H18F3N5. The molecule has 1 aliphatic heterocycles. The van der Waals surface area contributed by atoms with Crippen LogP contribution in [0.15, 0.2) is 48.8 Å². The van der Waals surface area contributed by atoms with Crippen molar-refractivity contribution in [1.29, 1.82) is 0 Å². The van der Waals surface area contributed by atoms with E-state index in [0.29, 0.717) is 24.6 Å². The number of alkyl halides is 3. The first-order chi connectivity index (χ1) is 13.4. The number of nitrogens with two attached hydrogens (primary N) is 1. The lowest BCUT2D eigenvalue weighted by Crippen LogP contribution is -2.31. The van der Waals surface area contributed by atoms with Gasteiger partial charge in [-0.25, -0.2) is 9.97 Å². The Labute approximate surface area is 160 Å². The van der Waals surface area contributed by atoms with Gasteiger partial charge in [-0.15, -0.1) is 0 Å². The molecule has 0 aliphatic carbocycles. The Kier molecular flexibility index (Phi) is 4.72. The summed E-state index contributed by atoms with van der Waals surface area (Å²) in [7, 11) is 0. The van der Waals surface area contributed by atoms with Crippen molar-refractivity contribution in [2.24, 2.45) is 0 Å². The Hall–Kier alpha value is -3.00. The summed E-state index contributed by atoms with van der Waals surface area (Å²) < 4.78 is 37.9. The van der Waals surface area contributed by atoms with E-state index in [4.69, 9.17) is 5.73 Å². The van der Waals surface area contributed by atoms with Gasteiger partial charge in [0.1, 0.15) is 5.69 Å². The molecule has 2 aromatic heterocycles. The second-order valence-corrected chi connectivity index (χ2v) is 6.80. The third-order valence-electron chi connectivity index (χ3n) is 4.70. The van der Waals surface area contributed by atoms with Gasteiger partial charge in [0, 0.05) is 55.3 Å². The predicted octanol–water partition coefficient (Wildman–Crippen LogP) is 3.70. The van der Waals surface area contributed by atoms with E-state index in [1.54, 1.807) is 0 Å². The number of nitrogens with zero attached hydrogens (tertiary/aromatic N) is 4. The Bertz CT molecular complexity index is 969. The highest BCUT2D eigenvalue weighted by atomic mass is 19.4. The lowest BCUT2D eigenvalue weighted by Gasteiger charge is -2.28. The Morgan fingerprint density at radius 3 is 2.46 bits per heavy atom. The molecule has 3 aromatic rings. The van der Waals surface area contributed by atoms with Crippen molar-refractivity contribution >= 4 is 5.69 Å². The van der Waals surface area contributed by atoms with E-state index >= 15 is 0 Å². The average molecular weight is 385 g/mol. The smallest absolute Gasteiger partial charge is 0.399 e. The standard InChI is InChI=1S/C20H18F3N5/c21-20(22,23)18-6-1-13(9-25-18)11-28-8-7-17-15(12-28)10-26-19(27-17)14-2-4-16(24)5-3-14/h1-6,9-10H,7-8,11-12,24H2. The van der Waals surface area contributed by atoms with Crippen LogP contribution in [-0.4, -0.2) is 26.4 Å². The summed E-state index contributed by atoms with van der Waals surface area (Å²) in [6, 6.07) is 9.92. The van der Waals surface area contributed by atoms with Crippen molar-refractivity contribution in [3.8, 4) is 11.4 Å². The number of aromatic nitrogens is 3. The summed E-state index contributed by atoms with van der Waals surface area (Å²) in [5.41, 5.74) is 9.23. The van der Waals surface area contributed by atoms with Crippen molar-refractivity contribution in [1.82, 2.24) is 19.9 Å². The summed E-state index contributed by atoms with van der Waals surface area (Å²) in [6.07, 6.45) is -0.541. The SMILES string of the molecule is Nc1ccc(-c2ncc3c(n2)CCN(Cc2ccc(C(F)(F)F)nc2)C3)cc1. The monoisotopic (exact) mass is 385 g/mol. The normalized spacial score (nSPS) is 14.7. The number of halogens is 3. The molecule has 144 valence electrons. The fraction of sp³-hybridized carbons (Fsp3) is 0.250. The van der Waals surface area contributed by atoms with Crippen LogP contribution in [-0.2, 0) is 25.7 Å². The van der Waals surface area contributed by atoms with E-state index in [1.807, 2.05) is 30.5 Å².